The molecule has 6 nitrogen and oxygen atoms in total. The van der Waals surface area contributed by atoms with Crippen LogP contribution in [0.4, 0.5) is 5.69 Å². The van der Waals surface area contributed by atoms with Gasteiger partial charge >= 0.3 is 5.63 Å². The first-order valence-corrected chi connectivity index (χ1v) is 7.68. The van der Waals surface area contributed by atoms with E-state index in [4.69, 9.17) is 9.15 Å². The highest BCUT2D eigenvalue weighted by Gasteiger charge is 2.39. The molecule has 0 bridgehead atoms. The molecule has 1 fully saturated rings. The van der Waals surface area contributed by atoms with Crippen LogP contribution in [-0.2, 0) is 9.53 Å². The molecule has 6 heteroatoms. The zero-order chi connectivity index (χ0) is 16.3. The quantitative estimate of drug-likeness (QED) is 0.840. The SMILES string of the molecule is COCC1(C(=O)Nc2ccc3oc(=O)ccc3c2)CCNCC1. The number of rotatable bonds is 4. The number of hydrogen-bond acceptors (Lipinski definition) is 5. The molecule has 0 spiro atoms. The zero-order valence-corrected chi connectivity index (χ0v) is 13.1. The van der Waals surface area contributed by atoms with Gasteiger partial charge in [0.05, 0.1) is 12.0 Å². The van der Waals surface area contributed by atoms with E-state index in [2.05, 4.69) is 10.6 Å². The first kappa shape index (κ1) is 15.7. The van der Waals surface area contributed by atoms with Crippen LogP contribution in [0.3, 0.4) is 0 Å². The first-order valence-electron chi connectivity index (χ1n) is 7.68. The van der Waals surface area contributed by atoms with E-state index < -0.39 is 5.41 Å². The molecule has 0 radical (unpaired) electrons. The Balaban J connectivity index is 1.83. The van der Waals surface area contributed by atoms with Crippen molar-refractivity contribution in [2.24, 2.45) is 5.41 Å². The van der Waals surface area contributed by atoms with Crippen molar-refractivity contribution in [1.82, 2.24) is 5.32 Å². The van der Waals surface area contributed by atoms with Crippen molar-refractivity contribution in [2.75, 3.05) is 32.1 Å². The van der Waals surface area contributed by atoms with Gasteiger partial charge in [-0.25, -0.2) is 4.79 Å². The fourth-order valence-corrected chi connectivity index (χ4v) is 3.03. The number of anilines is 1. The fraction of sp³-hybridized carbons (Fsp3) is 0.412. The second-order valence-corrected chi connectivity index (χ2v) is 5.92. The van der Waals surface area contributed by atoms with Gasteiger partial charge in [0.1, 0.15) is 5.58 Å². The minimum Gasteiger partial charge on any atom is -0.423 e. The lowest BCUT2D eigenvalue weighted by Gasteiger charge is -2.35. The third kappa shape index (κ3) is 3.28. The van der Waals surface area contributed by atoms with Crippen molar-refractivity contribution in [2.45, 2.75) is 12.8 Å². The lowest BCUT2D eigenvalue weighted by Crippen LogP contribution is -2.47. The Morgan fingerprint density at radius 2 is 2.09 bits per heavy atom. The first-order chi connectivity index (χ1) is 11.1. The molecule has 0 atom stereocenters. The summed E-state index contributed by atoms with van der Waals surface area (Å²) in [5.41, 5.74) is 0.301. The van der Waals surface area contributed by atoms with Gasteiger partial charge in [0.2, 0.25) is 5.91 Å². The number of amides is 1. The summed E-state index contributed by atoms with van der Waals surface area (Å²) in [4.78, 5) is 24.0. The van der Waals surface area contributed by atoms with Gasteiger partial charge in [-0.2, -0.15) is 0 Å². The molecule has 0 saturated carbocycles. The van der Waals surface area contributed by atoms with E-state index in [-0.39, 0.29) is 11.5 Å². The van der Waals surface area contributed by atoms with Gasteiger partial charge < -0.3 is 19.8 Å². The summed E-state index contributed by atoms with van der Waals surface area (Å²) < 4.78 is 10.4. The smallest absolute Gasteiger partial charge is 0.336 e. The summed E-state index contributed by atoms with van der Waals surface area (Å²) in [6.07, 6.45) is 1.49. The number of carbonyl (C=O) groups excluding carboxylic acids is 1. The van der Waals surface area contributed by atoms with Crippen molar-refractivity contribution < 1.29 is 13.9 Å². The Labute approximate surface area is 133 Å². The molecular weight excluding hydrogens is 296 g/mol. The average molecular weight is 316 g/mol. The highest BCUT2D eigenvalue weighted by atomic mass is 16.5. The van der Waals surface area contributed by atoms with Gasteiger partial charge in [0, 0.05) is 24.2 Å². The second kappa shape index (κ2) is 6.52. The van der Waals surface area contributed by atoms with Gasteiger partial charge in [-0.15, -0.1) is 0 Å². The number of fused-ring (bicyclic) bond motifs is 1. The minimum atomic E-state index is -0.502. The van der Waals surface area contributed by atoms with E-state index in [1.807, 2.05) is 0 Å². The average Bonchev–Trinajstić information content (AvgIpc) is 2.56. The molecule has 1 saturated heterocycles. The maximum Gasteiger partial charge on any atom is 0.336 e. The third-order valence-corrected chi connectivity index (χ3v) is 4.34. The van der Waals surface area contributed by atoms with Gasteiger partial charge in [-0.05, 0) is 50.2 Å². The van der Waals surface area contributed by atoms with E-state index in [0.29, 0.717) is 17.9 Å². The predicted molar refractivity (Wildman–Crippen MR) is 87.5 cm³/mol. The minimum absolute atomic E-state index is 0.0300. The number of benzene rings is 1. The van der Waals surface area contributed by atoms with Crippen molar-refractivity contribution in [3.8, 4) is 0 Å². The number of carbonyl (C=O) groups is 1. The topological polar surface area (TPSA) is 80.6 Å². The zero-order valence-electron chi connectivity index (χ0n) is 13.1. The van der Waals surface area contributed by atoms with Crippen LogP contribution in [0.2, 0.25) is 0 Å². The Kier molecular flexibility index (Phi) is 4.45. The second-order valence-electron chi connectivity index (χ2n) is 5.92. The standard InChI is InChI=1S/C17H20N2O4/c1-22-11-17(6-8-18-9-7-17)16(21)19-13-3-4-14-12(10-13)2-5-15(20)23-14/h2-5,10,18H,6-9,11H2,1H3,(H,19,21). The summed E-state index contributed by atoms with van der Waals surface area (Å²) in [7, 11) is 1.62. The van der Waals surface area contributed by atoms with Gasteiger partial charge in [-0.3, -0.25) is 4.79 Å². The molecule has 2 aromatic rings. The van der Waals surface area contributed by atoms with Crippen LogP contribution in [0.25, 0.3) is 11.0 Å². The van der Waals surface area contributed by atoms with E-state index >= 15 is 0 Å². The monoisotopic (exact) mass is 316 g/mol. The molecule has 1 aromatic carbocycles. The Morgan fingerprint density at radius 1 is 1.30 bits per heavy atom. The lowest BCUT2D eigenvalue weighted by atomic mass is 9.78. The maximum absolute atomic E-state index is 12.8. The fourth-order valence-electron chi connectivity index (χ4n) is 3.03. The van der Waals surface area contributed by atoms with Crippen LogP contribution >= 0.6 is 0 Å². The molecule has 3 rings (SSSR count). The van der Waals surface area contributed by atoms with E-state index in [1.54, 1.807) is 31.4 Å². The Hall–Kier alpha value is -2.18. The number of methoxy groups -OCH3 is 1. The van der Waals surface area contributed by atoms with Crippen molar-refractivity contribution in [3.05, 3.63) is 40.8 Å². The molecule has 2 N–H and O–H groups in total. The highest BCUT2D eigenvalue weighted by Crippen LogP contribution is 2.31. The van der Waals surface area contributed by atoms with Crippen LogP contribution in [0.5, 0.6) is 0 Å². The summed E-state index contributed by atoms with van der Waals surface area (Å²) >= 11 is 0. The summed E-state index contributed by atoms with van der Waals surface area (Å²) in [6, 6.07) is 8.29. The highest BCUT2D eigenvalue weighted by molar-refractivity contribution is 5.97. The maximum atomic E-state index is 12.8. The predicted octanol–water partition coefficient (Wildman–Crippen LogP) is 1.75. The summed E-state index contributed by atoms with van der Waals surface area (Å²) in [5, 5.41) is 7.02. The van der Waals surface area contributed by atoms with Crippen molar-refractivity contribution in [1.29, 1.82) is 0 Å². The van der Waals surface area contributed by atoms with Crippen LogP contribution in [0.15, 0.2) is 39.5 Å². The van der Waals surface area contributed by atoms with Gasteiger partial charge in [0.15, 0.2) is 0 Å². The van der Waals surface area contributed by atoms with Crippen LogP contribution in [0.1, 0.15) is 12.8 Å². The van der Waals surface area contributed by atoms with Crippen molar-refractivity contribution >= 4 is 22.6 Å². The molecule has 1 aliphatic heterocycles. The Bertz CT molecular complexity index is 757. The normalized spacial score (nSPS) is 17.1. The van der Waals surface area contributed by atoms with Crippen LogP contribution in [0, 0.1) is 5.41 Å². The molecule has 2 heterocycles. The van der Waals surface area contributed by atoms with E-state index in [1.165, 1.54) is 6.07 Å². The molecule has 1 amide bonds. The molecular formula is C17H20N2O4. The van der Waals surface area contributed by atoms with Crippen LogP contribution in [-0.4, -0.2) is 32.7 Å². The molecule has 23 heavy (non-hydrogen) atoms. The Morgan fingerprint density at radius 3 is 2.83 bits per heavy atom. The molecule has 1 aliphatic rings. The lowest BCUT2D eigenvalue weighted by molar-refractivity contribution is -0.130. The number of piperidine rings is 1. The third-order valence-electron chi connectivity index (χ3n) is 4.34. The van der Waals surface area contributed by atoms with Crippen LogP contribution < -0.4 is 16.3 Å². The van der Waals surface area contributed by atoms with Gasteiger partial charge in [-0.1, -0.05) is 0 Å². The molecule has 0 unspecified atom stereocenters. The molecule has 0 aliphatic carbocycles. The number of hydrogen-bond donors (Lipinski definition) is 2. The van der Waals surface area contributed by atoms with Crippen molar-refractivity contribution in [3.63, 3.8) is 0 Å². The largest absolute Gasteiger partial charge is 0.423 e. The van der Waals surface area contributed by atoms with E-state index in [0.717, 1.165) is 31.3 Å². The summed E-state index contributed by atoms with van der Waals surface area (Å²) in [5.74, 6) is -0.0300. The summed E-state index contributed by atoms with van der Waals surface area (Å²) in [6.45, 7) is 2.02. The number of ether oxygens (including phenoxy) is 1. The molecule has 122 valence electrons. The molecule has 1 aromatic heterocycles. The van der Waals surface area contributed by atoms with E-state index in [9.17, 15) is 9.59 Å². The van der Waals surface area contributed by atoms with Gasteiger partial charge in [0.25, 0.3) is 0 Å². The number of nitrogens with one attached hydrogen (secondary N) is 2.